The van der Waals surface area contributed by atoms with Crippen molar-refractivity contribution in [2.45, 2.75) is 46.1 Å². The van der Waals surface area contributed by atoms with Gasteiger partial charge in [0, 0.05) is 5.56 Å². The Balaban J connectivity index is 2.62. The van der Waals surface area contributed by atoms with E-state index in [9.17, 15) is 4.79 Å². The van der Waals surface area contributed by atoms with E-state index in [1.54, 1.807) is 0 Å². The van der Waals surface area contributed by atoms with Gasteiger partial charge < -0.3 is 0 Å². The van der Waals surface area contributed by atoms with E-state index in [1.165, 1.54) is 11.1 Å². The van der Waals surface area contributed by atoms with Gasteiger partial charge in [0.2, 0.25) is 0 Å². The van der Waals surface area contributed by atoms with Crippen molar-refractivity contribution in [2.75, 3.05) is 13.1 Å². The molecule has 0 amide bonds. The van der Waals surface area contributed by atoms with E-state index in [0.29, 0.717) is 0 Å². The maximum absolute atomic E-state index is 11.6. The van der Waals surface area contributed by atoms with Crippen LogP contribution in [0.2, 0.25) is 0 Å². The molecule has 2 aromatic carbocycles. The molecule has 0 bridgehead atoms. The zero-order valence-corrected chi connectivity index (χ0v) is 15.2. The molecule has 0 aromatic heterocycles. The number of hydrogen-bond donors (Lipinski definition) is 0. The van der Waals surface area contributed by atoms with Gasteiger partial charge in [-0.25, -0.2) is 0 Å². The lowest BCUT2D eigenvalue weighted by atomic mass is 9.89. The number of rotatable bonds is 9. The molecule has 0 fully saturated rings. The molecular formula is C22H29NO. The number of hydrogen-bond acceptors (Lipinski definition) is 2. The molecule has 2 heteroatoms. The average Bonchev–Trinajstić information content (AvgIpc) is 2.63. The molecule has 2 rings (SSSR count). The molecular weight excluding hydrogens is 294 g/mol. The average molecular weight is 323 g/mol. The first kappa shape index (κ1) is 18.4. The van der Waals surface area contributed by atoms with Gasteiger partial charge in [0.1, 0.15) is 6.29 Å². The van der Waals surface area contributed by atoms with Gasteiger partial charge >= 0.3 is 0 Å². The maximum Gasteiger partial charge on any atom is 0.150 e. The quantitative estimate of drug-likeness (QED) is 0.586. The summed E-state index contributed by atoms with van der Waals surface area (Å²) in [7, 11) is 0. The van der Waals surface area contributed by atoms with Crippen LogP contribution in [0.15, 0.2) is 48.5 Å². The molecule has 0 aliphatic heterocycles. The number of aldehydes is 1. The van der Waals surface area contributed by atoms with Crippen LogP contribution >= 0.6 is 0 Å². The molecule has 0 aliphatic rings. The molecule has 0 spiro atoms. The van der Waals surface area contributed by atoms with Crippen molar-refractivity contribution < 1.29 is 4.79 Å². The molecule has 2 aromatic rings. The van der Waals surface area contributed by atoms with Crippen LogP contribution in [0.3, 0.4) is 0 Å². The number of benzene rings is 2. The molecule has 24 heavy (non-hydrogen) atoms. The molecule has 2 nitrogen and oxygen atoms in total. The van der Waals surface area contributed by atoms with Gasteiger partial charge in [0.25, 0.3) is 0 Å². The summed E-state index contributed by atoms with van der Waals surface area (Å²) in [6, 6.07) is 16.8. The smallest absolute Gasteiger partial charge is 0.150 e. The SMILES string of the molecule is CCCN(CCC)C(c1ccccc1C=O)c1ccccc1CC. The van der Waals surface area contributed by atoms with Gasteiger partial charge in [0.15, 0.2) is 0 Å². The summed E-state index contributed by atoms with van der Waals surface area (Å²) < 4.78 is 0. The van der Waals surface area contributed by atoms with Crippen LogP contribution in [-0.4, -0.2) is 24.3 Å². The minimum Gasteiger partial charge on any atom is -0.298 e. The van der Waals surface area contributed by atoms with Gasteiger partial charge in [-0.1, -0.05) is 69.3 Å². The minimum atomic E-state index is 0.141. The molecule has 0 radical (unpaired) electrons. The number of carbonyl (C=O) groups excluding carboxylic acids is 1. The van der Waals surface area contributed by atoms with E-state index in [1.807, 2.05) is 18.2 Å². The van der Waals surface area contributed by atoms with Crippen LogP contribution in [0, 0.1) is 0 Å². The molecule has 0 saturated carbocycles. The van der Waals surface area contributed by atoms with Gasteiger partial charge in [-0.2, -0.15) is 0 Å². The van der Waals surface area contributed by atoms with Gasteiger partial charge in [-0.15, -0.1) is 0 Å². The Hall–Kier alpha value is -1.93. The van der Waals surface area contributed by atoms with Gasteiger partial charge in [0.05, 0.1) is 6.04 Å². The molecule has 0 saturated heterocycles. The third-order valence-corrected chi connectivity index (χ3v) is 4.53. The van der Waals surface area contributed by atoms with Crippen LogP contribution in [0.4, 0.5) is 0 Å². The van der Waals surface area contributed by atoms with E-state index in [0.717, 1.165) is 49.8 Å². The van der Waals surface area contributed by atoms with Crippen LogP contribution in [0.1, 0.15) is 66.7 Å². The lowest BCUT2D eigenvalue weighted by molar-refractivity contribution is 0.112. The third-order valence-electron chi connectivity index (χ3n) is 4.53. The highest BCUT2D eigenvalue weighted by atomic mass is 16.1. The third kappa shape index (κ3) is 4.12. The fourth-order valence-corrected chi connectivity index (χ4v) is 3.50. The lowest BCUT2D eigenvalue weighted by Gasteiger charge is -2.34. The Morgan fingerprint density at radius 3 is 2.04 bits per heavy atom. The standard InChI is InChI=1S/C22H29NO/c1-4-15-23(16-5-2)22(20-13-9-7-11-18(20)6-3)21-14-10-8-12-19(21)17-24/h7-14,17,22H,4-6,15-16H2,1-3H3. The second-order valence-electron chi connectivity index (χ2n) is 6.24. The maximum atomic E-state index is 11.6. The van der Waals surface area contributed by atoms with Crippen molar-refractivity contribution in [3.05, 3.63) is 70.8 Å². The monoisotopic (exact) mass is 323 g/mol. The molecule has 128 valence electrons. The molecule has 0 aliphatic carbocycles. The van der Waals surface area contributed by atoms with E-state index in [4.69, 9.17) is 0 Å². The Morgan fingerprint density at radius 2 is 1.46 bits per heavy atom. The normalized spacial score (nSPS) is 12.3. The van der Waals surface area contributed by atoms with Crippen molar-refractivity contribution in [3.63, 3.8) is 0 Å². The number of carbonyl (C=O) groups is 1. The summed E-state index contributed by atoms with van der Waals surface area (Å²) in [4.78, 5) is 14.2. The van der Waals surface area contributed by atoms with E-state index < -0.39 is 0 Å². The van der Waals surface area contributed by atoms with E-state index in [-0.39, 0.29) is 6.04 Å². The van der Waals surface area contributed by atoms with Crippen molar-refractivity contribution in [1.82, 2.24) is 4.90 Å². The predicted molar refractivity (Wildman–Crippen MR) is 102 cm³/mol. The van der Waals surface area contributed by atoms with Gasteiger partial charge in [-0.3, -0.25) is 9.69 Å². The first-order valence-corrected chi connectivity index (χ1v) is 9.12. The summed E-state index contributed by atoms with van der Waals surface area (Å²) >= 11 is 0. The Kier molecular flexibility index (Phi) is 7.20. The zero-order chi connectivity index (χ0) is 17.4. The minimum absolute atomic E-state index is 0.141. The zero-order valence-electron chi connectivity index (χ0n) is 15.2. The summed E-state index contributed by atoms with van der Waals surface area (Å²) in [5.74, 6) is 0. The summed E-state index contributed by atoms with van der Waals surface area (Å²) in [6.45, 7) is 8.70. The van der Waals surface area contributed by atoms with Crippen molar-refractivity contribution in [3.8, 4) is 0 Å². The largest absolute Gasteiger partial charge is 0.298 e. The van der Waals surface area contributed by atoms with Crippen molar-refractivity contribution >= 4 is 6.29 Å². The predicted octanol–water partition coefficient (Wildman–Crippen LogP) is 5.27. The van der Waals surface area contributed by atoms with E-state index >= 15 is 0 Å². The topological polar surface area (TPSA) is 20.3 Å². The van der Waals surface area contributed by atoms with Crippen molar-refractivity contribution in [1.29, 1.82) is 0 Å². The summed E-state index contributed by atoms with van der Waals surface area (Å²) in [6.07, 6.45) is 4.21. The van der Waals surface area contributed by atoms with E-state index in [2.05, 4.69) is 56.0 Å². The highest BCUT2D eigenvalue weighted by molar-refractivity contribution is 5.78. The Morgan fingerprint density at radius 1 is 0.875 bits per heavy atom. The lowest BCUT2D eigenvalue weighted by Crippen LogP contribution is -2.32. The highest BCUT2D eigenvalue weighted by Gasteiger charge is 2.25. The first-order valence-electron chi connectivity index (χ1n) is 9.12. The summed E-state index contributed by atoms with van der Waals surface area (Å²) in [5, 5.41) is 0. The Bertz CT molecular complexity index is 644. The highest BCUT2D eigenvalue weighted by Crippen LogP contribution is 2.33. The van der Waals surface area contributed by atoms with Crippen LogP contribution < -0.4 is 0 Å². The molecule has 0 N–H and O–H groups in total. The fourth-order valence-electron chi connectivity index (χ4n) is 3.50. The fraction of sp³-hybridized carbons (Fsp3) is 0.409. The first-order chi connectivity index (χ1) is 11.8. The second-order valence-corrected chi connectivity index (χ2v) is 6.24. The van der Waals surface area contributed by atoms with Crippen LogP contribution in [0.5, 0.6) is 0 Å². The molecule has 1 atom stereocenters. The van der Waals surface area contributed by atoms with Crippen molar-refractivity contribution in [2.24, 2.45) is 0 Å². The Labute approximate surface area is 146 Å². The van der Waals surface area contributed by atoms with Crippen LogP contribution in [-0.2, 0) is 6.42 Å². The van der Waals surface area contributed by atoms with Crippen LogP contribution in [0.25, 0.3) is 0 Å². The van der Waals surface area contributed by atoms with Gasteiger partial charge in [-0.05, 0) is 49.0 Å². The number of aryl methyl sites for hydroxylation is 1. The molecule has 1 unspecified atom stereocenters. The number of nitrogens with zero attached hydrogens (tertiary/aromatic N) is 1. The second kappa shape index (κ2) is 9.39. The molecule has 0 heterocycles. The summed E-state index contributed by atoms with van der Waals surface area (Å²) in [5.41, 5.74) is 4.61.